The monoisotopic (exact) mass is 670 g/mol. The average molecular weight is 671 g/mol. The number of carbonyl (C=O) groups is 1. The standard InChI is InChI=1S/C36H62O11/c1-10-34(31-20(3)16-26(43-31)28-19(2)15-21(4)36(41,18-37)46-28)12-11-27(44-34)33(8)13-14-35(47-33)17-25(38)22(5)30(45-35)23(6)29(42-9)24(7)32(39)40/h19-31,37-38,41H,10-18H2,1-9H3,(H,39,40)/t19-,20-,21+,22+,23+,24-,25-,26+,27+,28?,29+,30-,31?,33-,34-,35?,36-/m0/s1. The molecule has 0 aromatic heterocycles. The fraction of sp³-hybridized carbons (Fsp3) is 0.972. The molecule has 0 radical (unpaired) electrons. The van der Waals surface area contributed by atoms with E-state index in [0.717, 1.165) is 32.1 Å². The van der Waals surface area contributed by atoms with Crippen LogP contribution in [0.5, 0.6) is 0 Å². The van der Waals surface area contributed by atoms with Crippen LogP contribution in [-0.2, 0) is 33.2 Å². The summed E-state index contributed by atoms with van der Waals surface area (Å²) in [5.41, 5.74) is -1.15. The van der Waals surface area contributed by atoms with Gasteiger partial charge in [0.1, 0.15) is 0 Å². The molecular weight excluding hydrogens is 608 g/mol. The van der Waals surface area contributed by atoms with Gasteiger partial charge in [-0.25, -0.2) is 0 Å². The van der Waals surface area contributed by atoms with Gasteiger partial charge in [-0.3, -0.25) is 4.79 Å². The number of rotatable bonds is 10. The Morgan fingerprint density at radius 2 is 1.72 bits per heavy atom. The molecule has 5 aliphatic heterocycles. The fourth-order valence-electron chi connectivity index (χ4n) is 9.91. The summed E-state index contributed by atoms with van der Waals surface area (Å²) >= 11 is 0. The molecule has 0 aromatic rings. The molecule has 0 bridgehead atoms. The van der Waals surface area contributed by atoms with E-state index in [2.05, 4.69) is 27.7 Å². The van der Waals surface area contributed by atoms with Crippen LogP contribution in [0.15, 0.2) is 0 Å². The Kier molecular flexibility index (Phi) is 10.9. The van der Waals surface area contributed by atoms with Crippen molar-refractivity contribution in [3.05, 3.63) is 0 Å². The normalized spacial score (nSPS) is 50.9. The Hall–Kier alpha value is -0.890. The number of carboxylic acids is 1. The highest BCUT2D eigenvalue weighted by molar-refractivity contribution is 5.70. The lowest BCUT2D eigenvalue weighted by atomic mass is 9.78. The second-order valence-corrected chi connectivity index (χ2v) is 16.3. The molecular formula is C36H62O11. The molecule has 11 heteroatoms. The van der Waals surface area contributed by atoms with E-state index in [1.54, 1.807) is 6.92 Å². The van der Waals surface area contributed by atoms with Gasteiger partial charge in [0.15, 0.2) is 11.6 Å². The molecule has 4 N–H and O–H groups in total. The zero-order valence-corrected chi connectivity index (χ0v) is 30.0. The predicted octanol–water partition coefficient (Wildman–Crippen LogP) is 4.27. The van der Waals surface area contributed by atoms with Crippen LogP contribution >= 0.6 is 0 Å². The highest BCUT2D eigenvalue weighted by Crippen LogP contribution is 2.55. The molecule has 0 aromatic carbocycles. The number of methoxy groups -OCH3 is 1. The highest BCUT2D eigenvalue weighted by Gasteiger charge is 2.62. The van der Waals surface area contributed by atoms with E-state index < -0.39 is 59.6 Å². The van der Waals surface area contributed by atoms with Gasteiger partial charge >= 0.3 is 5.97 Å². The van der Waals surface area contributed by atoms with Gasteiger partial charge < -0.3 is 48.8 Å². The summed E-state index contributed by atoms with van der Waals surface area (Å²) in [6.45, 7) is 15.6. The molecule has 5 fully saturated rings. The third kappa shape index (κ3) is 6.67. The van der Waals surface area contributed by atoms with E-state index in [4.69, 9.17) is 28.4 Å². The van der Waals surface area contributed by atoms with Gasteiger partial charge in [0, 0.05) is 37.7 Å². The van der Waals surface area contributed by atoms with Crippen molar-refractivity contribution in [2.45, 2.75) is 172 Å². The van der Waals surface area contributed by atoms with Crippen molar-refractivity contribution in [3.8, 4) is 0 Å². The Labute approximate surface area is 281 Å². The largest absolute Gasteiger partial charge is 0.481 e. The molecule has 0 saturated carbocycles. The van der Waals surface area contributed by atoms with Gasteiger partial charge in [-0.2, -0.15) is 0 Å². The molecule has 11 nitrogen and oxygen atoms in total. The van der Waals surface area contributed by atoms with Crippen LogP contribution in [-0.4, -0.2) is 106 Å². The number of aliphatic hydroxyl groups is 3. The van der Waals surface area contributed by atoms with Crippen molar-refractivity contribution in [2.24, 2.45) is 35.5 Å². The molecule has 0 amide bonds. The van der Waals surface area contributed by atoms with Crippen LogP contribution in [0.3, 0.4) is 0 Å². The van der Waals surface area contributed by atoms with Crippen LogP contribution in [0.1, 0.15) is 107 Å². The van der Waals surface area contributed by atoms with E-state index in [0.29, 0.717) is 19.3 Å². The first kappa shape index (κ1) is 37.4. The highest BCUT2D eigenvalue weighted by atomic mass is 16.7. The summed E-state index contributed by atoms with van der Waals surface area (Å²) in [7, 11) is 1.52. The minimum atomic E-state index is -1.56. The topological polar surface area (TPSA) is 153 Å². The summed E-state index contributed by atoms with van der Waals surface area (Å²) in [5.74, 6) is -4.52. The van der Waals surface area contributed by atoms with E-state index in [9.17, 15) is 25.2 Å². The number of hydrogen-bond acceptors (Lipinski definition) is 10. The Balaban J connectivity index is 1.29. The summed E-state index contributed by atoms with van der Waals surface area (Å²) in [5, 5.41) is 41.8. The predicted molar refractivity (Wildman–Crippen MR) is 172 cm³/mol. The number of carboxylic acid groups (broad SMARTS) is 1. The van der Waals surface area contributed by atoms with E-state index in [1.165, 1.54) is 7.11 Å². The van der Waals surface area contributed by atoms with Gasteiger partial charge in [-0.05, 0) is 64.2 Å². The van der Waals surface area contributed by atoms with Gasteiger partial charge in [0.2, 0.25) is 0 Å². The SMILES string of the molecule is CC[C@@]1(C2O[C@@H](C3O[C@@](O)(CO)[C@H](C)C[C@@H]3C)C[C@@H]2C)CC[C@H]([C@]2(C)CCC3(C[C@H](O)[C@@H](C)[C@@H]([C@H](C)[C@@H](OC)[C@H](C)C(=O)O)O3)O2)O1. The first-order chi connectivity index (χ1) is 22.0. The maximum absolute atomic E-state index is 11.8. The smallest absolute Gasteiger partial charge is 0.308 e. The van der Waals surface area contributed by atoms with Crippen molar-refractivity contribution < 1.29 is 53.6 Å². The second kappa shape index (κ2) is 13.7. The summed E-state index contributed by atoms with van der Waals surface area (Å²) < 4.78 is 39.4. The number of aliphatic carboxylic acids is 1. The minimum Gasteiger partial charge on any atom is -0.481 e. The third-order valence-electron chi connectivity index (χ3n) is 13.0. The maximum Gasteiger partial charge on any atom is 0.308 e. The molecule has 3 unspecified atom stereocenters. The van der Waals surface area contributed by atoms with Crippen LogP contribution in [0.25, 0.3) is 0 Å². The summed E-state index contributed by atoms with van der Waals surface area (Å²) in [4.78, 5) is 11.8. The average Bonchev–Trinajstić information content (AvgIpc) is 3.73. The molecule has 5 aliphatic rings. The molecule has 5 saturated heterocycles. The number of ether oxygens (including phenoxy) is 6. The molecule has 47 heavy (non-hydrogen) atoms. The quantitative estimate of drug-likeness (QED) is 0.264. The fourth-order valence-corrected chi connectivity index (χ4v) is 9.91. The lowest BCUT2D eigenvalue weighted by Crippen LogP contribution is -2.57. The van der Waals surface area contributed by atoms with Crippen molar-refractivity contribution in [1.29, 1.82) is 0 Å². The molecule has 272 valence electrons. The Bertz CT molecular complexity index is 1110. The molecule has 5 rings (SSSR count). The molecule has 5 heterocycles. The van der Waals surface area contributed by atoms with Crippen molar-refractivity contribution >= 4 is 5.97 Å². The van der Waals surface area contributed by atoms with Crippen LogP contribution in [0.2, 0.25) is 0 Å². The molecule has 1 spiro atoms. The Morgan fingerprint density at radius 3 is 2.34 bits per heavy atom. The Morgan fingerprint density at radius 1 is 1.02 bits per heavy atom. The van der Waals surface area contributed by atoms with Crippen LogP contribution < -0.4 is 0 Å². The minimum absolute atomic E-state index is 0.153. The zero-order chi connectivity index (χ0) is 34.7. The van der Waals surface area contributed by atoms with E-state index >= 15 is 0 Å². The number of hydrogen-bond donors (Lipinski definition) is 4. The lowest BCUT2D eigenvalue weighted by molar-refractivity contribution is -0.336. The van der Waals surface area contributed by atoms with Crippen LogP contribution in [0, 0.1) is 35.5 Å². The van der Waals surface area contributed by atoms with Gasteiger partial charge in [0.05, 0.1) is 66.5 Å². The summed E-state index contributed by atoms with van der Waals surface area (Å²) in [6, 6.07) is 0. The second-order valence-electron chi connectivity index (χ2n) is 16.3. The zero-order valence-electron chi connectivity index (χ0n) is 30.0. The van der Waals surface area contributed by atoms with Gasteiger partial charge in [-0.15, -0.1) is 0 Å². The van der Waals surface area contributed by atoms with Crippen LogP contribution in [0.4, 0.5) is 0 Å². The number of aliphatic hydroxyl groups excluding tert-OH is 2. The molecule has 0 aliphatic carbocycles. The first-order valence-electron chi connectivity index (χ1n) is 18.1. The van der Waals surface area contributed by atoms with Crippen molar-refractivity contribution in [1.82, 2.24) is 0 Å². The van der Waals surface area contributed by atoms with Crippen molar-refractivity contribution in [3.63, 3.8) is 0 Å². The van der Waals surface area contributed by atoms with Gasteiger partial charge in [-0.1, -0.05) is 41.5 Å². The van der Waals surface area contributed by atoms with E-state index in [-0.39, 0.29) is 54.0 Å². The van der Waals surface area contributed by atoms with E-state index in [1.807, 2.05) is 20.8 Å². The lowest BCUT2D eigenvalue weighted by Gasteiger charge is -2.49. The third-order valence-corrected chi connectivity index (χ3v) is 13.0. The van der Waals surface area contributed by atoms with Gasteiger partial charge in [0.25, 0.3) is 0 Å². The molecule has 17 atom stereocenters. The maximum atomic E-state index is 11.8. The van der Waals surface area contributed by atoms with Crippen molar-refractivity contribution in [2.75, 3.05) is 13.7 Å². The summed E-state index contributed by atoms with van der Waals surface area (Å²) in [6.07, 6.45) is 2.99. The first-order valence-corrected chi connectivity index (χ1v) is 18.1.